The van der Waals surface area contributed by atoms with Gasteiger partial charge in [0.1, 0.15) is 11.6 Å². The maximum absolute atomic E-state index is 13.0. The molecule has 0 aliphatic carbocycles. The third-order valence-corrected chi connectivity index (χ3v) is 3.30. The highest BCUT2D eigenvalue weighted by Crippen LogP contribution is 2.25. The van der Waals surface area contributed by atoms with Crippen molar-refractivity contribution in [3.05, 3.63) is 57.9 Å². The number of hydrogen-bond donors (Lipinski definition) is 2. The summed E-state index contributed by atoms with van der Waals surface area (Å²) >= 11 is 5.74. The van der Waals surface area contributed by atoms with Gasteiger partial charge in [0, 0.05) is 12.2 Å². The number of rotatable bonds is 3. The van der Waals surface area contributed by atoms with Crippen molar-refractivity contribution in [1.29, 1.82) is 0 Å². The zero-order valence-electron chi connectivity index (χ0n) is 10.8. The van der Waals surface area contributed by atoms with Crippen molar-refractivity contribution in [1.82, 2.24) is 0 Å². The molecule has 0 spiro atoms. The maximum Gasteiger partial charge on any atom is 0.141 e. The van der Waals surface area contributed by atoms with Crippen molar-refractivity contribution in [3.63, 3.8) is 0 Å². The number of hydrogen-bond acceptors (Lipinski definition) is 2. The van der Waals surface area contributed by atoms with Crippen molar-refractivity contribution in [2.75, 3.05) is 5.32 Å². The number of phenols is 1. The quantitative estimate of drug-likeness (QED) is 0.816. The third-order valence-electron chi connectivity index (χ3n) is 3.01. The van der Waals surface area contributed by atoms with Gasteiger partial charge in [-0.15, -0.1) is 0 Å². The molecule has 4 heteroatoms. The molecule has 0 heterocycles. The molecule has 0 radical (unpaired) electrons. The standard InChI is InChI=1S/C15H15ClFNO/c1-9-6-15(19)10(2)5-14(9)18-8-11-3-4-13(17)12(16)7-11/h3-7,18-19H,8H2,1-2H3. The van der Waals surface area contributed by atoms with E-state index in [2.05, 4.69) is 5.32 Å². The Morgan fingerprint density at radius 1 is 1.16 bits per heavy atom. The van der Waals surface area contributed by atoms with Gasteiger partial charge in [-0.2, -0.15) is 0 Å². The summed E-state index contributed by atoms with van der Waals surface area (Å²) in [6, 6.07) is 8.25. The van der Waals surface area contributed by atoms with E-state index in [1.807, 2.05) is 19.9 Å². The Hall–Kier alpha value is -1.74. The molecule has 100 valence electrons. The fraction of sp³-hybridized carbons (Fsp3) is 0.200. The van der Waals surface area contributed by atoms with Gasteiger partial charge < -0.3 is 10.4 Å². The number of benzene rings is 2. The fourth-order valence-electron chi connectivity index (χ4n) is 1.84. The van der Waals surface area contributed by atoms with Crippen molar-refractivity contribution < 1.29 is 9.50 Å². The van der Waals surface area contributed by atoms with E-state index in [-0.39, 0.29) is 10.8 Å². The molecule has 0 saturated heterocycles. The maximum atomic E-state index is 13.0. The molecule has 2 aromatic rings. The van der Waals surface area contributed by atoms with Gasteiger partial charge in [-0.25, -0.2) is 4.39 Å². The van der Waals surface area contributed by atoms with E-state index in [0.29, 0.717) is 6.54 Å². The molecule has 19 heavy (non-hydrogen) atoms. The monoisotopic (exact) mass is 279 g/mol. The minimum atomic E-state index is -0.415. The Morgan fingerprint density at radius 3 is 2.58 bits per heavy atom. The number of phenolic OH excluding ortho intramolecular Hbond substituents is 1. The van der Waals surface area contributed by atoms with E-state index >= 15 is 0 Å². The van der Waals surface area contributed by atoms with Crippen LogP contribution in [0.2, 0.25) is 5.02 Å². The van der Waals surface area contributed by atoms with Crippen LogP contribution in [0.5, 0.6) is 5.75 Å². The second-order valence-corrected chi connectivity index (χ2v) is 4.96. The van der Waals surface area contributed by atoms with Crippen LogP contribution in [0.15, 0.2) is 30.3 Å². The van der Waals surface area contributed by atoms with Crippen LogP contribution >= 0.6 is 11.6 Å². The van der Waals surface area contributed by atoms with E-state index in [1.54, 1.807) is 18.2 Å². The van der Waals surface area contributed by atoms with Crippen LogP contribution < -0.4 is 5.32 Å². The predicted molar refractivity (Wildman–Crippen MR) is 76.3 cm³/mol. The van der Waals surface area contributed by atoms with Crippen LogP contribution in [0, 0.1) is 19.7 Å². The van der Waals surface area contributed by atoms with Crippen LogP contribution in [0.1, 0.15) is 16.7 Å². The summed E-state index contributed by atoms with van der Waals surface area (Å²) < 4.78 is 13.0. The summed E-state index contributed by atoms with van der Waals surface area (Å²) in [5, 5.41) is 13.0. The molecular weight excluding hydrogens is 265 g/mol. The Bertz CT molecular complexity index is 613. The van der Waals surface area contributed by atoms with E-state index in [9.17, 15) is 9.50 Å². The van der Waals surface area contributed by atoms with Gasteiger partial charge in [-0.05, 0) is 54.8 Å². The summed E-state index contributed by atoms with van der Waals surface area (Å²) in [7, 11) is 0. The second kappa shape index (κ2) is 5.49. The smallest absolute Gasteiger partial charge is 0.141 e. The zero-order chi connectivity index (χ0) is 14.0. The molecule has 0 saturated carbocycles. The first-order chi connectivity index (χ1) is 8.97. The Labute approximate surface area is 116 Å². The number of aromatic hydroxyl groups is 1. The largest absolute Gasteiger partial charge is 0.508 e. The third kappa shape index (κ3) is 3.18. The van der Waals surface area contributed by atoms with E-state index in [0.717, 1.165) is 22.4 Å². The van der Waals surface area contributed by atoms with Gasteiger partial charge in [0.2, 0.25) is 0 Å². The average molecular weight is 280 g/mol. The normalized spacial score (nSPS) is 10.5. The molecule has 0 atom stereocenters. The lowest BCUT2D eigenvalue weighted by Crippen LogP contribution is -2.01. The van der Waals surface area contributed by atoms with Crippen LogP contribution in [0.25, 0.3) is 0 Å². The van der Waals surface area contributed by atoms with Gasteiger partial charge in [-0.3, -0.25) is 0 Å². The lowest BCUT2D eigenvalue weighted by Gasteiger charge is -2.12. The molecule has 0 amide bonds. The lowest BCUT2D eigenvalue weighted by molar-refractivity contribution is 0.471. The molecule has 0 aliphatic heterocycles. The van der Waals surface area contributed by atoms with Crippen molar-refractivity contribution in [2.45, 2.75) is 20.4 Å². The molecule has 0 aliphatic rings. The molecule has 0 unspecified atom stereocenters. The zero-order valence-corrected chi connectivity index (χ0v) is 11.6. The summed E-state index contributed by atoms with van der Waals surface area (Å²) in [6.45, 7) is 4.30. The highest BCUT2D eigenvalue weighted by Gasteiger charge is 2.05. The Kier molecular flexibility index (Phi) is 3.96. The van der Waals surface area contributed by atoms with Crippen LogP contribution in [0.4, 0.5) is 10.1 Å². The van der Waals surface area contributed by atoms with Crippen molar-refractivity contribution in [2.24, 2.45) is 0 Å². The van der Waals surface area contributed by atoms with Gasteiger partial charge in [0.15, 0.2) is 0 Å². The van der Waals surface area contributed by atoms with Crippen LogP contribution in [-0.2, 0) is 6.54 Å². The number of aryl methyl sites for hydroxylation is 2. The highest BCUT2D eigenvalue weighted by atomic mass is 35.5. The minimum absolute atomic E-state index is 0.123. The first-order valence-electron chi connectivity index (χ1n) is 5.95. The molecule has 2 N–H and O–H groups in total. The first-order valence-corrected chi connectivity index (χ1v) is 6.33. The summed E-state index contributed by atoms with van der Waals surface area (Å²) in [5.41, 5.74) is 3.61. The molecule has 2 nitrogen and oxygen atoms in total. The van der Waals surface area contributed by atoms with Gasteiger partial charge >= 0.3 is 0 Å². The summed E-state index contributed by atoms with van der Waals surface area (Å²) in [5.74, 6) is -0.130. The van der Waals surface area contributed by atoms with Gasteiger partial charge in [-0.1, -0.05) is 17.7 Å². The number of nitrogens with one attached hydrogen (secondary N) is 1. The topological polar surface area (TPSA) is 32.3 Å². The Morgan fingerprint density at radius 2 is 1.89 bits per heavy atom. The van der Waals surface area contributed by atoms with E-state index < -0.39 is 5.82 Å². The number of anilines is 1. The molecule has 2 aromatic carbocycles. The molecule has 0 aromatic heterocycles. The fourth-order valence-corrected chi connectivity index (χ4v) is 2.04. The van der Waals surface area contributed by atoms with Crippen molar-refractivity contribution in [3.8, 4) is 5.75 Å². The predicted octanol–water partition coefficient (Wildman–Crippen LogP) is 4.41. The average Bonchev–Trinajstić information content (AvgIpc) is 2.36. The molecular formula is C15H15ClFNO. The summed E-state index contributed by atoms with van der Waals surface area (Å²) in [4.78, 5) is 0. The Balaban J connectivity index is 2.14. The molecule has 0 bridgehead atoms. The van der Waals surface area contributed by atoms with E-state index in [1.165, 1.54) is 6.07 Å². The van der Waals surface area contributed by atoms with Crippen molar-refractivity contribution >= 4 is 17.3 Å². The SMILES string of the molecule is Cc1cc(NCc2ccc(F)c(Cl)c2)c(C)cc1O. The van der Waals surface area contributed by atoms with E-state index in [4.69, 9.17) is 11.6 Å². The summed E-state index contributed by atoms with van der Waals surface area (Å²) in [6.07, 6.45) is 0. The lowest BCUT2D eigenvalue weighted by atomic mass is 10.1. The van der Waals surface area contributed by atoms with Gasteiger partial charge in [0.05, 0.1) is 5.02 Å². The van der Waals surface area contributed by atoms with Gasteiger partial charge in [0.25, 0.3) is 0 Å². The van der Waals surface area contributed by atoms with Crippen LogP contribution in [-0.4, -0.2) is 5.11 Å². The molecule has 2 rings (SSSR count). The molecule has 0 fully saturated rings. The first kappa shape index (κ1) is 13.7. The second-order valence-electron chi connectivity index (χ2n) is 4.56. The number of halogens is 2. The minimum Gasteiger partial charge on any atom is -0.508 e. The van der Waals surface area contributed by atoms with Crippen LogP contribution in [0.3, 0.4) is 0 Å². The highest BCUT2D eigenvalue weighted by molar-refractivity contribution is 6.30.